The number of carbonyl (C=O) groups excluding carboxylic acids is 2. The van der Waals surface area contributed by atoms with E-state index < -0.39 is 12.1 Å². The maximum Gasteiger partial charge on any atom is 0.338 e. The lowest BCUT2D eigenvalue weighted by Gasteiger charge is -2.31. The lowest BCUT2D eigenvalue weighted by molar-refractivity contribution is -0.141. The maximum atomic E-state index is 12.3. The molecule has 0 bridgehead atoms. The summed E-state index contributed by atoms with van der Waals surface area (Å²) in [7, 11) is 0. The maximum absolute atomic E-state index is 12.3. The first kappa shape index (κ1) is 16.3. The summed E-state index contributed by atoms with van der Waals surface area (Å²) in [5.74, 6) is 0.122. The number of likely N-dealkylation sites (tertiary alicyclic amines) is 1. The van der Waals surface area contributed by atoms with Crippen molar-refractivity contribution in [3.8, 4) is 0 Å². The van der Waals surface area contributed by atoms with Crippen LogP contribution in [0, 0.1) is 9.49 Å². The number of hydrogen-bond acceptors (Lipinski definition) is 3. The summed E-state index contributed by atoms with van der Waals surface area (Å²) < 4.78 is 6.34. The van der Waals surface area contributed by atoms with Crippen LogP contribution in [0.15, 0.2) is 24.3 Å². The third kappa shape index (κ3) is 4.43. The van der Waals surface area contributed by atoms with E-state index in [0.717, 1.165) is 29.5 Å². The third-order valence-corrected chi connectivity index (χ3v) is 4.53. The third-order valence-electron chi connectivity index (χ3n) is 3.81. The summed E-state index contributed by atoms with van der Waals surface area (Å²) in [6.07, 6.45) is 1.30. The lowest BCUT2D eigenvalue weighted by atomic mass is 9.99. The van der Waals surface area contributed by atoms with Crippen molar-refractivity contribution in [2.24, 2.45) is 5.92 Å². The van der Waals surface area contributed by atoms with Crippen molar-refractivity contribution >= 4 is 34.5 Å². The highest BCUT2D eigenvalue weighted by molar-refractivity contribution is 14.1. The number of esters is 1. The lowest BCUT2D eigenvalue weighted by Crippen LogP contribution is -2.44. The molecule has 1 saturated heterocycles. The second-order valence-electron chi connectivity index (χ2n) is 5.56. The second kappa shape index (κ2) is 7.24. The molecule has 1 atom stereocenters. The zero-order valence-corrected chi connectivity index (χ0v) is 14.5. The Hall–Kier alpha value is -1.11. The van der Waals surface area contributed by atoms with Gasteiger partial charge in [-0.1, -0.05) is 6.92 Å². The van der Waals surface area contributed by atoms with Crippen molar-refractivity contribution in [2.75, 3.05) is 13.1 Å². The van der Waals surface area contributed by atoms with E-state index in [9.17, 15) is 9.59 Å². The van der Waals surface area contributed by atoms with E-state index in [0.29, 0.717) is 11.5 Å². The van der Waals surface area contributed by atoms with E-state index in [-0.39, 0.29) is 5.91 Å². The molecular weight excluding hydrogens is 381 g/mol. The van der Waals surface area contributed by atoms with Crippen LogP contribution in [0.2, 0.25) is 0 Å². The molecular formula is C16H20INO3. The zero-order chi connectivity index (χ0) is 15.4. The van der Waals surface area contributed by atoms with Gasteiger partial charge in [0.1, 0.15) is 0 Å². The minimum Gasteiger partial charge on any atom is -0.449 e. The van der Waals surface area contributed by atoms with E-state index >= 15 is 0 Å². The summed E-state index contributed by atoms with van der Waals surface area (Å²) in [4.78, 5) is 26.1. The minimum absolute atomic E-state index is 0.0965. The summed E-state index contributed by atoms with van der Waals surface area (Å²) in [5.41, 5.74) is 0.474. The molecule has 0 aromatic heterocycles. The summed E-state index contributed by atoms with van der Waals surface area (Å²) in [5, 5.41) is 0. The highest BCUT2D eigenvalue weighted by Crippen LogP contribution is 2.17. The zero-order valence-electron chi connectivity index (χ0n) is 12.3. The molecule has 0 N–H and O–H groups in total. The molecule has 1 amide bonds. The average molecular weight is 401 g/mol. The quantitative estimate of drug-likeness (QED) is 0.578. The topological polar surface area (TPSA) is 46.6 Å². The van der Waals surface area contributed by atoms with Crippen LogP contribution in [0.1, 0.15) is 37.0 Å². The van der Waals surface area contributed by atoms with Gasteiger partial charge in [-0.2, -0.15) is 0 Å². The van der Waals surface area contributed by atoms with Gasteiger partial charge < -0.3 is 9.64 Å². The SMILES string of the molecule is CC1CCN(C(=O)C(C)OC(=O)c2ccc(I)cc2)CC1. The van der Waals surface area contributed by atoms with Gasteiger partial charge in [0.05, 0.1) is 5.56 Å². The number of ether oxygens (including phenoxy) is 1. The van der Waals surface area contributed by atoms with Gasteiger partial charge in [0, 0.05) is 16.7 Å². The normalized spacial score (nSPS) is 17.4. The Morgan fingerprint density at radius 2 is 1.81 bits per heavy atom. The van der Waals surface area contributed by atoms with Crippen LogP contribution >= 0.6 is 22.6 Å². The Labute approximate surface area is 139 Å². The molecule has 0 saturated carbocycles. The van der Waals surface area contributed by atoms with Crippen LogP contribution in [0.25, 0.3) is 0 Å². The number of halogens is 1. The Morgan fingerprint density at radius 1 is 1.24 bits per heavy atom. The van der Waals surface area contributed by atoms with Gasteiger partial charge >= 0.3 is 5.97 Å². The fourth-order valence-corrected chi connectivity index (χ4v) is 2.71. The van der Waals surface area contributed by atoms with E-state index in [1.165, 1.54) is 0 Å². The summed E-state index contributed by atoms with van der Waals surface area (Å²) >= 11 is 2.17. The van der Waals surface area contributed by atoms with Crippen molar-refractivity contribution in [3.63, 3.8) is 0 Å². The number of rotatable bonds is 3. The van der Waals surface area contributed by atoms with Crippen LogP contribution in [0.4, 0.5) is 0 Å². The molecule has 4 nitrogen and oxygen atoms in total. The molecule has 1 heterocycles. The van der Waals surface area contributed by atoms with Crippen molar-refractivity contribution < 1.29 is 14.3 Å². The first-order chi connectivity index (χ1) is 9.97. The number of amides is 1. The Morgan fingerprint density at radius 3 is 2.38 bits per heavy atom. The predicted octanol–water partition coefficient (Wildman–Crippen LogP) is 3.10. The van der Waals surface area contributed by atoms with Gasteiger partial charge in [-0.3, -0.25) is 4.79 Å². The van der Waals surface area contributed by atoms with Gasteiger partial charge in [-0.25, -0.2) is 4.79 Å². The molecule has 2 rings (SSSR count). The molecule has 1 aromatic carbocycles. The first-order valence-corrected chi connectivity index (χ1v) is 8.30. The molecule has 1 aliphatic heterocycles. The number of nitrogens with zero attached hydrogens (tertiary/aromatic N) is 1. The summed E-state index contributed by atoms with van der Waals surface area (Å²) in [6, 6.07) is 7.11. The molecule has 0 aliphatic carbocycles. The number of piperidine rings is 1. The smallest absolute Gasteiger partial charge is 0.338 e. The number of benzene rings is 1. The van der Waals surface area contributed by atoms with E-state index in [4.69, 9.17) is 4.74 Å². The average Bonchev–Trinajstić information content (AvgIpc) is 2.47. The van der Waals surface area contributed by atoms with Crippen LogP contribution in [0.3, 0.4) is 0 Å². The van der Waals surface area contributed by atoms with E-state index in [2.05, 4.69) is 29.5 Å². The monoisotopic (exact) mass is 401 g/mol. The van der Waals surface area contributed by atoms with Gasteiger partial charge in [0.2, 0.25) is 0 Å². The second-order valence-corrected chi connectivity index (χ2v) is 6.81. The molecule has 1 unspecified atom stereocenters. The van der Waals surface area contributed by atoms with Gasteiger partial charge in [-0.05, 0) is 72.5 Å². The molecule has 0 radical (unpaired) electrons. The van der Waals surface area contributed by atoms with Gasteiger partial charge in [-0.15, -0.1) is 0 Å². The summed E-state index contributed by atoms with van der Waals surface area (Å²) in [6.45, 7) is 5.35. The van der Waals surface area contributed by atoms with E-state index in [1.54, 1.807) is 24.0 Å². The van der Waals surface area contributed by atoms with Crippen LogP contribution in [-0.4, -0.2) is 36.0 Å². The van der Waals surface area contributed by atoms with Crippen molar-refractivity contribution in [1.29, 1.82) is 0 Å². The minimum atomic E-state index is -0.731. The van der Waals surface area contributed by atoms with Gasteiger partial charge in [0.15, 0.2) is 6.10 Å². The number of hydrogen-bond donors (Lipinski definition) is 0. The standard InChI is InChI=1S/C16H20INO3/c1-11-7-9-18(10-8-11)15(19)12(2)21-16(20)13-3-5-14(17)6-4-13/h3-6,11-12H,7-10H2,1-2H3. The van der Waals surface area contributed by atoms with Crippen LogP contribution in [-0.2, 0) is 9.53 Å². The van der Waals surface area contributed by atoms with Crippen molar-refractivity contribution in [1.82, 2.24) is 4.90 Å². The molecule has 114 valence electrons. The molecule has 5 heteroatoms. The van der Waals surface area contributed by atoms with Gasteiger partial charge in [0.25, 0.3) is 5.91 Å². The van der Waals surface area contributed by atoms with Crippen molar-refractivity contribution in [3.05, 3.63) is 33.4 Å². The molecule has 1 aromatic rings. The Bertz CT molecular complexity index is 507. The molecule has 0 spiro atoms. The highest BCUT2D eigenvalue weighted by Gasteiger charge is 2.27. The van der Waals surface area contributed by atoms with Crippen LogP contribution < -0.4 is 0 Å². The van der Waals surface area contributed by atoms with E-state index in [1.807, 2.05) is 12.1 Å². The fourth-order valence-electron chi connectivity index (χ4n) is 2.35. The largest absolute Gasteiger partial charge is 0.449 e. The predicted molar refractivity (Wildman–Crippen MR) is 89.0 cm³/mol. The molecule has 1 aliphatic rings. The Kier molecular flexibility index (Phi) is 5.61. The first-order valence-electron chi connectivity index (χ1n) is 7.22. The Balaban J connectivity index is 1.91. The molecule has 21 heavy (non-hydrogen) atoms. The molecule has 1 fully saturated rings. The van der Waals surface area contributed by atoms with Crippen LogP contribution in [0.5, 0.6) is 0 Å². The van der Waals surface area contributed by atoms with Crippen molar-refractivity contribution in [2.45, 2.75) is 32.8 Å². The highest BCUT2D eigenvalue weighted by atomic mass is 127. The fraction of sp³-hybridized carbons (Fsp3) is 0.500. The number of carbonyl (C=O) groups is 2.